The summed E-state index contributed by atoms with van der Waals surface area (Å²) in [4.78, 5) is 39.4. The van der Waals surface area contributed by atoms with E-state index in [2.05, 4.69) is 10.6 Å². The monoisotopic (exact) mass is 446 g/mol. The van der Waals surface area contributed by atoms with E-state index in [9.17, 15) is 19.5 Å². The Morgan fingerprint density at radius 1 is 0.970 bits per heavy atom. The summed E-state index contributed by atoms with van der Waals surface area (Å²) >= 11 is 0. The molecule has 5 rings (SSSR count). The molecule has 0 saturated heterocycles. The van der Waals surface area contributed by atoms with Crippen LogP contribution in [0.3, 0.4) is 0 Å². The van der Waals surface area contributed by atoms with Crippen molar-refractivity contribution in [3.63, 3.8) is 0 Å². The predicted octanol–water partition coefficient (Wildman–Crippen LogP) is 4.03. The zero-order chi connectivity index (χ0) is 23.0. The number of benzene rings is 2. The molecule has 0 aromatic heterocycles. The van der Waals surface area contributed by atoms with E-state index in [0.29, 0.717) is 18.0 Å². The zero-order valence-electron chi connectivity index (χ0n) is 18.6. The van der Waals surface area contributed by atoms with Crippen LogP contribution in [-0.4, -0.2) is 40.8 Å². The highest BCUT2D eigenvalue weighted by atomic mass is 16.4. The van der Waals surface area contributed by atoms with Crippen molar-refractivity contribution < 1.29 is 19.5 Å². The van der Waals surface area contributed by atoms with Gasteiger partial charge in [0.1, 0.15) is 5.54 Å². The van der Waals surface area contributed by atoms with Crippen molar-refractivity contribution >= 4 is 23.2 Å². The predicted molar refractivity (Wildman–Crippen MR) is 125 cm³/mol. The van der Waals surface area contributed by atoms with Gasteiger partial charge in [-0.25, -0.2) is 0 Å². The summed E-state index contributed by atoms with van der Waals surface area (Å²) in [5.41, 5.74) is 0.626. The number of rotatable bonds is 9. The Morgan fingerprint density at radius 3 is 2.42 bits per heavy atom. The summed E-state index contributed by atoms with van der Waals surface area (Å²) < 4.78 is 0. The normalized spacial score (nSPS) is 25.3. The molecular weight excluding hydrogens is 416 g/mol. The van der Waals surface area contributed by atoms with Crippen molar-refractivity contribution in [3.8, 4) is 0 Å². The van der Waals surface area contributed by atoms with Gasteiger partial charge < -0.3 is 15.7 Å². The SMILES string of the molecule is O=C(CC(NCC1CC1)(C(=O)O)C1c2ccccc2N[C@@H]2CCC[C@H]12)C(=O)c1ccccc1. The number of ketones is 2. The van der Waals surface area contributed by atoms with E-state index < -0.39 is 29.0 Å². The molecule has 1 heterocycles. The molecule has 0 radical (unpaired) electrons. The second-order valence-electron chi connectivity index (χ2n) is 9.81. The molecule has 1 aliphatic heterocycles. The van der Waals surface area contributed by atoms with E-state index in [-0.39, 0.29) is 18.4 Å². The average Bonchev–Trinajstić information content (AvgIpc) is 3.55. The fraction of sp³-hybridized carbons (Fsp3) is 0.444. The maximum atomic E-state index is 13.3. The number of carboxylic acid groups (broad SMARTS) is 1. The lowest BCUT2D eigenvalue weighted by molar-refractivity contribution is -0.149. The maximum absolute atomic E-state index is 13.3. The molecule has 3 N–H and O–H groups in total. The molecule has 2 fully saturated rings. The molecule has 0 bridgehead atoms. The molecule has 2 aromatic rings. The van der Waals surface area contributed by atoms with E-state index in [1.807, 2.05) is 24.3 Å². The van der Waals surface area contributed by atoms with Gasteiger partial charge in [0.15, 0.2) is 0 Å². The number of carboxylic acids is 1. The van der Waals surface area contributed by atoms with Crippen LogP contribution in [0.1, 0.15) is 60.4 Å². The summed E-state index contributed by atoms with van der Waals surface area (Å²) in [6.07, 6.45) is 4.66. The van der Waals surface area contributed by atoms with Crippen LogP contribution in [0.2, 0.25) is 0 Å². The zero-order valence-corrected chi connectivity index (χ0v) is 18.6. The van der Waals surface area contributed by atoms with Crippen LogP contribution in [0.5, 0.6) is 0 Å². The first kappa shape index (κ1) is 21.8. The number of carbonyl (C=O) groups excluding carboxylic acids is 2. The molecule has 33 heavy (non-hydrogen) atoms. The van der Waals surface area contributed by atoms with Gasteiger partial charge in [0.05, 0.1) is 0 Å². The van der Waals surface area contributed by atoms with E-state index in [4.69, 9.17) is 0 Å². The first-order valence-electron chi connectivity index (χ1n) is 12.0. The van der Waals surface area contributed by atoms with Crippen LogP contribution in [0.4, 0.5) is 5.69 Å². The Bertz CT molecular complexity index is 1060. The highest BCUT2D eigenvalue weighted by molar-refractivity contribution is 6.44. The molecule has 2 aromatic carbocycles. The van der Waals surface area contributed by atoms with Crippen LogP contribution < -0.4 is 10.6 Å². The Hall–Kier alpha value is -2.99. The fourth-order valence-electron chi connectivity index (χ4n) is 5.83. The largest absolute Gasteiger partial charge is 0.480 e. The fourth-order valence-corrected chi connectivity index (χ4v) is 5.83. The molecule has 2 unspecified atom stereocenters. The number of nitrogens with one attached hydrogen (secondary N) is 2. The molecule has 0 spiro atoms. The second kappa shape index (κ2) is 8.75. The maximum Gasteiger partial charge on any atom is 0.325 e. The quantitative estimate of drug-likeness (QED) is 0.398. The van der Waals surface area contributed by atoms with Gasteiger partial charge in [0, 0.05) is 29.6 Å². The molecule has 0 amide bonds. The van der Waals surface area contributed by atoms with Crippen molar-refractivity contribution in [1.29, 1.82) is 0 Å². The number of hydrogen-bond donors (Lipinski definition) is 3. The summed E-state index contributed by atoms with van der Waals surface area (Å²) in [7, 11) is 0. The third-order valence-corrected chi connectivity index (χ3v) is 7.68. The minimum atomic E-state index is -1.53. The summed E-state index contributed by atoms with van der Waals surface area (Å²) in [5, 5.41) is 17.7. The molecule has 2 saturated carbocycles. The number of aliphatic carboxylic acids is 1. The number of para-hydroxylation sites is 1. The highest BCUT2D eigenvalue weighted by Gasteiger charge is 2.56. The summed E-state index contributed by atoms with van der Waals surface area (Å²) in [6.45, 7) is 0.544. The van der Waals surface area contributed by atoms with Crippen LogP contribution in [0.25, 0.3) is 0 Å². The molecule has 6 nitrogen and oxygen atoms in total. The van der Waals surface area contributed by atoms with Crippen molar-refractivity contribution in [2.24, 2.45) is 11.8 Å². The van der Waals surface area contributed by atoms with Crippen molar-refractivity contribution in [2.45, 2.75) is 56.0 Å². The Labute approximate surface area is 193 Å². The van der Waals surface area contributed by atoms with Gasteiger partial charge in [-0.15, -0.1) is 0 Å². The first-order valence-corrected chi connectivity index (χ1v) is 12.0. The summed E-state index contributed by atoms with van der Waals surface area (Å²) in [6, 6.07) is 16.4. The molecule has 4 atom stereocenters. The van der Waals surface area contributed by atoms with Gasteiger partial charge in [-0.2, -0.15) is 0 Å². The smallest absolute Gasteiger partial charge is 0.325 e. The second-order valence-corrected chi connectivity index (χ2v) is 9.81. The van der Waals surface area contributed by atoms with Crippen LogP contribution in [-0.2, 0) is 9.59 Å². The lowest BCUT2D eigenvalue weighted by atomic mass is 9.65. The van der Waals surface area contributed by atoms with E-state index >= 15 is 0 Å². The Morgan fingerprint density at radius 2 is 1.70 bits per heavy atom. The van der Waals surface area contributed by atoms with Crippen molar-refractivity contribution in [2.75, 3.05) is 11.9 Å². The summed E-state index contributed by atoms with van der Waals surface area (Å²) in [5.74, 6) is -2.21. The Kier molecular flexibility index (Phi) is 5.79. The molecule has 3 aliphatic rings. The van der Waals surface area contributed by atoms with Gasteiger partial charge in [0.25, 0.3) is 0 Å². The van der Waals surface area contributed by atoms with Crippen LogP contribution >= 0.6 is 0 Å². The van der Waals surface area contributed by atoms with E-state index in [1.165, 1.54) is 0 Å². The lowest BCUT2D eigenvalue weighted by Gasteiger charge is -2.46. The number of hydrogen-bond acceptors (Lipinski definition) is 5. The average molecular weight is 447 g/mol. The van der Waals surface area contributed by atoms with E-state index in [0.717, 1.165) is 43.4 Å². The Balaban J connectivity index is 1.57. The highest BCUT2D eigenvalue weighted by Crippen LogP contribution is 2.51. The van der Waals surface area contributed by atoms with Gasteiger partial charge in [-0.3, -0.25) is 14.4 Å². The van der Waals surface area contributed by atoms with Crippen LogP contribution in [0, 0.1) is 11.8 Å². The van der Waals surface area contributed by atoms with Gasteiger partial charge >= 0.3 is 5.97 Å². The standard InChI is InChI=1S/C27H30N2O4/c30-23(25(31)18-7-2-1-3-8-18)15-27(26(32)33,28-16-17-13-14-17)24-19-9-4-5-11-21(19)29-22-12-6-10-20(22)24/h1-5,7-9,11,17,20,22,24,28-29H,6,10,12-16H2,(H,32,33)/t20-,22+,24?,27?/m0/s1. The van der Waals surface area contributed by atoms with Gasteiger partial charge in [0.2, 0.25) is 11.6 Å². The number of carbonyl (C=O) groups is 3. The van der Waals surface area contributed by atoms with Crippen molar-refractivity contribution in [1.82, 2.24) is 5.32 Å². The third kappa shape index (κ3) is 4.08. The third-order valence-electron chi connectivity index (χ3n) is 7.68. The number of Topliss-reactive ketones (excluding diaryl/α,β-unsaturated/α-hetero) is 2. The van der Waals surface area contributed by atoms with Crippen molar-refractivity contribution in [3.05, 3.63) is 65.7 Å². The minimum Gasteiger partial charge on any atom is -0.480 e. The van der Waals surface area contributed by atoms with Gasteiger partial charge in [-0.1, -0.05) is 55.0 Å². The number of anilines is 1. The molecule has 2 aliphatic carbocycles. The minimum absolute atomic E-state index is 0.0855. The van der Waals surface area contributed by atoms with Gasteiger partial charge in [-0.05, 0) is 55.7 Å². The van der Waals surface area contributed by atoms with E-state index in [1.54, 1.807) is 30.3 Å². The topological polar surface area (TPSA) is 95.5 Å². The first-order chi connectivity index (χ1) is 16.0. The molecule has 172 valence electrons. The molecule has 6 heteroatoms. The van der Waals surface area contributed by atoms with Crippen LogP contribution in [0.15, 0.2) is 54.6 Å². The lowest BCUT2D eigenvalue weighted by Crippen LogP contribution is -2.62. The molecular formula is C27H30N2O4. The number of fused-ring (bicyclic) bond motifs is 2.